The first kappa shape index (κ1) is 20.7. The second-order valence-corrected chi connectivity index (χ2v) is 6.40. The van der Waals surface area contributed by atoms with Crippen LogP contribution in [-0.2, 0) is 11.3 Å². The average Bonchev–Trinajstić information content (AvgIpc) is 2.78. The molecular formula is C21H20N4O5. The first-order chi connectivity index (χ1) is 14.5. The standard InChI is InChI=1S/C21H20N4O5/c1-3-12-25-20(28)16-7-5-4-6-15(16)17(24-25)19(27)23-22-18(26)13-8-10-14(11-9-13)21(29)30-2/h4-11H,3,12H2,1-2H3,(H,22,26)(H,23,27). The molecule has 0 radical (unpaired) electrons. The van der Waals surface area contributed by atoms with Crippen molar-refractivity contribution < 1.29 is 19.1 Å². The number of amides is 2. The SMILES string of the molecule is CCCn1nc(C(=O)NNC(=O)c2ccc(C(=O)OC)cc2)c2ccccc2c1=O. The maximum absolute atomic E-state index is 12.7. The minimum absolute atomic E-state index is 0.0278. The molecule has 3 rings (SSSR count). The largest absolute Gasteiger partial charge is 0.465 e. The minimum Gasteiger partial charge on any atom is -0.465 e. The number of hydrazine groups is 1. The Balaban J connectivity index is 1.80. The lowest BCUT2D eigenvalue weighted by molar-refractivity contribution is 0.0600. The smallest absolute Gasteiger partial charge is 0.337 e. The van der Waals surface area contributed by atoms with Crippen molar-refractivity contribution in [2.45, 2.75) is 19.9 Å². The first-order valence-corrected chi connectivity index (χ1v) is 9.25. The van der Waals surface area contributed by atoms with Crippen molar-refractivity contribution >= 4 is 28.6 Å². The fourth-order valence-corrected chi connectivity index (χ4v) is 2.89. The van der Waals surface area contributed by atoms with Crippen molar-refractivity contribution in [1.82, 2.24) is 20.6 Å². The molecule has 2 amide bonds. The van der Waals surface area contributed by atoms with E-state index >= 15 is 0 Å². The molecule has 1 aromatic heterocycles. The molecule has 0 unspecified atom stereocenters. The second kappa shape index (κ2) is 8.99. The highest BCUT2D eigenvalue weighted by Gasteiger charge is 2.17. The Labute approximate surface area is 171 Å². The number of carbonyl (C=O) groups excluding carboxylic acids is 3. The number of hydrogen-bond acceptors (Lipinski definition) is 6. The number of esters is 1. The summed E-state index contributed by atoms with van der Waals surface area (Å²) < 4.78 is 5.85. The van der Waals surface area contributed by atoms with Gasteiger partial charge in [-0.2, -0.15) is 5.10 Å². The number of nitrogens with zero attached hydrogens (tertiary/aromatic N) is 2. The predicted molar refractivity (Wildman–Crippen MR) is 109 cm³/mol. The zero-order valence-corrected chi connectivity index (χ0v) is 16.5. The van der Waals surface area contributed by atoms with E-state index in [-0.39, 0.29) is 16.8 Å². The summed E-state index contributed by atoms with van der Waals surface area (Å²) in [5.74, 6) is -1.75. The van der Waals surface area contributed by atoms with Crippen LogP contribution < -0.4 is 16.4 Å². The molecule has 154 valence electrons. The Morgan fingerprint density at radius 1 is 0.933 bits per heavy atom. The molecule has 0 aliphatic heterocycles. The molecule has 9 heteroatoms. The van der Waals surface area contributed by atoms with Gasteiger partial charge in [-0.3, -0.25) is 25.2 Å². The summed E-state index contributed by atoms with van der Waals surface area (Å²) in [7, 11) is 1.26. The lowest BCUT2D eigenvalue weighted by atomic mass is 10.1. The number of fused-ring (bicyclic) bond motifs is 1. The van der Waals surface area contributed by atoms with Crippen LogP contribution in [0.15, 0.2) is 53.3 Å². The monoisotopic (exact) mass is 408 g/mol. The van der Waals surface area contributed by atoms with Gasteiger partial charge in [-0.05, 0) is 36.8 Å². The number of rotatable bonds is 5. The van der Waals surface area contributed by atoms with Gasteiger partial charge < -0.3 is 4.74 Å². The third-order valence-corrected chi connectivity index (χ3v) is 4.38. The lowest BCUT2D eigenvalue weighted by Gasteiger charge is -2.11. The van der Waals surface area contributed by atoms with Gasteiger partial charge in [0.1, 0.15) is 0 Å². The molecular weight excluding hydrogens is 388 g/mol. The van der Waals surface area contributed by atoms with E-state index in [1.165, 1.54) is 36.1 Å². The van der Waals surface area contributed by atoms with Gasteiger partial charge in [-0.1, -0.05) is 25.1 Å². The second-order valence-electron chi connectivity index (χ2n) is 6.40. The third kappa shape index (κ3) is 4.19. The maximum Gasteiger partial charge on any atom is 0.337 e. The molecule has 0 saturated heterocycles. The fourth-order valence-electron chi connectivity index (χ4n) is 2.89. The predicted octanol–water partition coefficient (Wildman–Crippen LogP) is 1.67. The Morgan fingerprint density at radius 2 is 1.53 bits per heavy atom. The number of aromatic nitrogens is 2. The number of benzene rings is 2. The van der Waals surface area contributed by atoms with Crippen molar-refractivity contribution in [1.29, 1.82) is 0 Å². The van der Waals surface area contributed by atoms with Gasteiger partial charge >= 0.3 is 5.97 Å². The van der Waals surface area contributed by atoms with Gasteiger partial charge in [-0.25, -0.2) is 9.48 Å². The van der Waals surface area contributed by atoms with Crippen LogP contribution in [0.1, 0.15) is 44.5 Å². The molecule has 30 heavy (non-hydrogen) atoms. The number of carbonyl (C=O) groups is 3. The minimum atomic E-state index is -0.657. The normalized spacial score (nSPS) is 10.5. The molecule has 0 spiro atoms. The van der Waals surface area contributed by atoms with Crippen molar-refractivity contribution in [3.05, 3.63) is 75.7 Å². The molecule has 0 bridgehead atoms. The Morgan fingerprint density at radius 3 is 2.17 bits per heavy atom. The highest BCUT2D eigenvalue weighted by Crippen LogP contribution is 2.13. The quantitative estimate of drug-likeness (QED) is 0.490. The van der Waals surface area contributed by atoms with E-state index in [1.54, 1.807) is 24.3 Å². The van der Waals surface area contributed by atoms with Gasteiger partial charge in [0, 0.05) is 17.5 Å². The zero-order chi connectivity index (χ0) is 21.7. The summed E-state index contributed by atoms with van der Waals surface area (Å²) in [6.07, 6.45) is 0.671. The van der Waals surface area contributed by atoms with E-state index in [1.807, 2.05) is 6.92 Å². The molecule has 0 atom stereocenters. The van der Waals surface area contributed by atoms with Crippen LogP contribution in [-0.4, -0.2) is 34.7 Å². The van der Waals surface area contributed by atoms with Gasteiger partial charge in [-0.15, -0.1) is 0 Å². The summed E-state index contributed by atoms with van der Waals surface area (Å²) in [5.41, 5.74) is 4.91. The van der Waals surface area contributed by atoms with E-state index in [0.29, 0.717) is 29.3 Å². The van der Waals surface area contributed by atoms with Gasteiger partial charge in [0.25, 0.3) is 17.4 Å². The zero-order valence-electron chi connectivity index (χ0n) is 16.5. The van der Waals surface area contributed by atoms with Crippen LogP contribution in [0.2, 0.25) is 0 Å². The number of methoxy groups -OCH3 is 1. The van der Waals surface area contributed by atoms with E-state index < -0.39 is 17.8 Å². The summed E-state index contributed by atoms with van der Waals surface area (Å²) in [6.45, 7) is 2.26. The van der Waals surface area contributed by atoms with Gasteiger partial charge in [0.05, 0.1) is 18.1 Å². The van der Waals surface area contributed by atoms with Crippen LogP contribution in [0.4, 0.5) is 0 Å². The van der Waals surface area contributed by atoms with E-state index in [4.69, 9.17) is 0 Å². The number of ether oxygens (including phenoxy) is 1. The topological polar surface area (TPSA) is 119 Å². The van der Waals surface area contributed by atoms with Gasteiger partial charge in [0.15, 0.2) is 5.69 Å². The highest BCUT2D eigenvalue weighted by molar-refractivity contribution is 6.06. The molecule has 2 aromatic carbocycles. The molecule has 0 fully saturated rings. The van der Waals surface area contributed by atoms with Crippen LogP contribution in [0.25, 0.3) is 10.8 Å². The molecule has 0 saturated carbocycles. The van der Waals surface area contributed by atoms with Crippen LogP contribution >= 0.6 is 0 Å². The summed E-state index contributed by atoms with van der Waals surface area (Å²) in [4.78, 5) is 48.9. The van der Waals surface area contributed by atoms with E-state index in [2.05, 4.69) is 20.7 Å². The van der Waals surface area contributed by atoms with E-state index in [0.717, 1.165) is 0 Å². The van der Waals surface area contributed by atoms with Gasteiger partial charge in [0.2, 0.25) is 0 Å². The Bertz CT molecular complexity index is 1170. The molecule has 1 heterocycles. The van der Waals surface area contributed by atoms with Crippen LogP contribution in [0, 0.1) is 0 Å². The van der Waals surface area contributed by atoms with Crippen molar-refractivity contribution in [2.24, 2.45) is 0 Å². The Kier molecular flexibility index (Phi) is 6.21. The summed E-state index contributed by atoms with van der Waals surface area (Å²) in [6, 6.07) is 12.4. The summed E-state index contributed by atoms with van der Waals surface area (Å²) in [5, 5.41) is 4.93. The van der Waals surface area contributed by atoms with Crippen molar-refractivity contribution in [3.8, 4) is 0 Å². The Hall–Kier alpha value is -4.01. The third-order valence-electron chi connectivity index (χ3n) is 4.38. The summed E-state index contributed by atoms with van der Waals surface area (Å²) >= 11 is 0. The maximum atomic E-state index is 12.7. The highest BCUT2D eigenvalue weighted by atomic mass is 16.5. The van der Waals surface area contributed by atoms with Crippen LogP contribution in [0.5, 0.6) is 0 Å². The number of nitrogens with one attached hydrogen (secondary N) is 2. The number of hydrogen-bond donors (Lipinski definition) is 2. The number of aryl methyl sites for hydroxylation is 1. The average molecular weight is 408 g/mol. The molecule has 9 nitrogen and oxygen atoms in total. The van der Waals surface area contributed by atoms with Crippen LogP contribution in [0.3, 0.4) is 0 Å². The van der Waals surface area contributed by atoms with E-state index in [9.17, 15) is 19.2 Å². The van der Waals surface area contributed by atoms with Crippen molar-refractivity contribution in [3.63, 3.8) is 0 Å². The van der Waals surface area contributed by atoms with Crippen molar-refractivity contribution in [2.75, 3.05) is 7.11 Å². The first-order valence-electron chi connectivity index (χ1n) is 9.25. The molecule has 0 aliphatic rings. The fraction of sp³-hybridized carbons (Fsp3) is 0.190. The molecule has 2 N–H and O–H groups in total. The molecule has 0 aliphatic carbocycles. The molecule has 3 aromatic rings. The lowest BCUT2D eigenvalue weighted by Crippen LogP contribution is -2.42.